The highest BCUT2D eigenvalue weighted by Crippen LogP contribution is 2.43. The second kappa shape index (κ2) is 8.36. The monoisotopic (exact) mass is 455 g/mol. The van der Waals surface area contributed by atoms with E-state index in [1.165, 1.54) is 6.07 Å². The van der Waals surface area contributed by atoms with E-state index in [0.717, 1.165) is 11.8 Å². The number of amides is 1. The third-order valence-electron chi connectivity index (χ3n) is 5.58. The topological polar surface area (TPSA) is 71.8 Å². The van der Waals surface area contributed by atoms with Crippen molar-refractivity contribution in [3.05, 3.63) is 66.0 Å². The zero-order valence-corrected chi connectivity index (χ0v) is 17.5. The minimum atomic E-state index is -4.58. The molecule has 0 aliphatic carbocycles. The summed E-state index contributed by atoms with van der Waals surface area (Å²) in [6.45, 7) is 1.38. The number of nitrogens with zero attached hydrogens (tertiary/aromatic N) is 4. The Morgan fingerprint density at radius 1 is 1.06 bits per heavy atom. The number of hydrogen-bond donors (Lipinski definition) is 1. The number of morpholine rings is 1. The number of benzene rings is 2. The van der Waals surface area contributed by atoms with Crippen molar-refractivity contribution >= 4 is 28.7 Å². The lowest BCUT2D eigenvalue weighted by Crippen LogP contribution is -2.37. The molecule has 1 N–H and O–H groups in total. The highest BCUT2D eigenvalue weighted by molar-refractivity contribution is 6.17. The number of hydrogen-bond acceptors (Lipinski definition) is 5. The first kappa shape index (κ1) is 21.2. The summed E-state index contributed by atoms with van der Waals surface area (Å²) in [4.78, 5) is 18.9. The molecule has 0 radical (unpaired) electrons. The van der Waals surface area contributed by atoms with Gasteiger partial charge >= 0.3 is 6.18 Å². The first-order valence-electron chi connectivity index (χ1n) is 10.4. The Morgan fingerprint density at radius 2 is 1.88 bits per heavy atom. The number of halogens is 3. The standard InChI is InChI=1S/C23H20F3N5O2/c24-23(25,26)17-12-19-20(13-21(17)30-7-9-33-10-8-30)28-18(14-22(32)29-19)15-3-1-4-16(11-15)31-6-2-5-27-31/h1-6,11-13H,7-10,14H2,(H,29,32). The molecule has 2 aromatic carbocycles. The van der Waals surface area contributed by atoms with Crippen molar-refractivity contribution in [3.63, 3.8) is 0 Å². The molecule has 7 nitrogen and oxygen atoms in total. The second-order valence-electron chi connectivity index (χ2n) is 7.77. The highest BCUT2D eigenvalue weighted by Gasteiger charge is 2.37. The molecule has 10 heteroatoms. The molecular weight excluding hydrogens is 435 g/mol. The molecule has 0 atom stereocenters. The molecule has 2 aliphatic heterocycles. The molecule has 170 valence electrons. The van der Waals surface area contributed by atoms with Crippen LogP contribution in [0.25, 0.3) is 5.69 Å². The van der Waals surface area contributed by atoms with Crippen LogP contribution in [0.15, 0.2) is 59.9 Å². The lowest BCUT2D eigenvalue weighted by atomic mass is 10.1. The molecule has 1 aromatic heterocycles. The molecule has 1 saturated heterocycles. The largest absolute Gasteiger partial charge is 0.418 e. The third kappa shape index (κ3) is 4.34. The minimum Gasteiger partial charge on any atom is -0.378 e. The van der Waals surface area contributed by atoms with Crippen LogP contribution in [0, 0.1) is 0 Å². The molecule has 33 heavy (non-hydrogen) atoms. The summed E-state index contributed by atoms with van der Waals surface area (Å²) in [5, 5.41) is 6.81. The maximum Gasteiger partial charge on any atom is 0.418 e. The molecule has 0 saturated carbocycles. The quantitative estimate of drug-likeness (QED) is 0.643. The fraction of sp³-hybridized carbons (Fsp3) is 0.261. The second-order valence-corrected chi connectivity index (χ2v) is 7.77. The number of aliphatic imine (C=N–C) groups is 1. The van der Waals surface area contributed by atoms with E-state index in [4.69, 9.17) is 4.74 Å². The zero-order valence-electron chi connectivity index (χ0n) is 17.5. The van der Waals surface area contributed by atoms with Crippen molar-refractivity contribution in [2.45, 2.75) is 12.6 Å². The van der Waals surface area contributed by atoms with E-state index < -0.39 is 17.6 Å². The van der Waals surface area contributed by atoms with Crippen molar-refractivity contribution < 1.29 is 22.7 Å². The zero-order chi connectivity index (χ0) is 23.0. The van der Waals surface area contributed by atoms with Crippen LogP contribution in [-0.4, -0.2) is 47.7 Å². The number of aromatic nitrogens is 2. The van der Waals surface area contributed by atoms with E-state index >= 15 is 0 Å². The van der Waals surface area contributed by atoms with Gasteiger partial charge in [-0.15, -0.1) is 0 Å². The maximum absolute atomic E-state index is 13.9. The van der Waals surface area contributed by atoms with Crippen molar-refractivity contribution in [2.75, 3.05) is 36.5 Å². The summed E-state index contributed by atoms with van der Waals surface area (Å²) in [5.74, 6) is -0.427. The number of fused-ring (bicyclic) bond motifs is 1. The lowest BCUT2D eigenvalue weighted by Gasteiger charge is -2.31. The molecule has 0 spiro atoms. The Balaban J connectivity index is 1.61. The molecule has 3 heterocycles. The van der Waals surface area contributed by atoms with Crippen LogP contribution in [0.1, 0.15) is 17.5 Å². The fourth-order valence-corrected chi connectivity index (χ4v) is 4.01. The average molecular weight is 455 g/mol. The van der Waals surface area contributed by atoms with E-state index in [-0.39, 0.29) is 23.5 Å². The SMILES string of the molecule is O=C1CC(c2cccc(-n3cccn3)c2)=Nc2cc(N3CCOCC3)c(C(F)(F)F)cc2N1. The normalized spacial score (nSPS) is 16.6. The maximum atomic E-state index is 13.9. The first-order chi connectivity index (χ1) is 15.9. The number of carbonyl (C=O) groups excluding carboxylic acids is 1. The summed E-state index contributed by atoms with van der Waals surface area (Å²) < 4.78 is 48.6. The average Bonchev–Trinajstić information content (AvgIpc) is 3.29. The van der Waals surface area contributed by atoms with E-state index in [9.17, 15) is 18.0 Å². The smallest absolute Gasteiger partial charge is 0.378 e. The molecule has 2 aliphatic rings. The van der Waals surface area contributed by atoms with Crippen molar-refractivity contribution in [1.29, 1.82) is 0 Å². The van der Waals surface area contributed by atoms with E-state index in [1.807, 2.05) is 24.3 Å². The van der Waals surface area contributed by atoms with Gasteiger partial charge in [0.1, 0.15) is 0 Å². The summed E-state index contributed by atoms with van der Waals surface area (Å²) >= 11 is 0. The number of ether oxygens (including phenoxy) is 1. The molecule has 1 amide bonds. The fourth-order valence-electron chi connectivity index (χ4n) is 4.01. The number of alkyl halides is 3. The van der Waals surface area contributed by atoms with Gasteiger partial charge in [0.15, 0.2) is 0 Å². The number of carbonyl (C=O) groups is 1. The molecule has 0 unspecified atom stereocenters. The molecular formula is C23H20F3N5O2. The van der Waals surface area contributed by atoms with Crippen LogP contribution in [0.3, 0.4) is 0 Å². The van der Waals surface area contributed by atoms with Crippen LogP contribution in [0.5, 0.6) is 0 Å². The lowest BCUT2D eigenvalue weighted by molar-refractivity contribution is -0.137. The Hall–Kier alpha value is -3.66. The Morgan fingerprint density at radius 3 is 2.61 bits per heavy atom. The molecule has 0 bridgehead atoms. The van der Waals surface area contributed by atoms with E-state index in [0.29, 0.717) is 37.6 Å². The van der Waals surface area contributed by atoms with Crippen LogP contribution in [0.2, 0.25) is 0 Å². The highest BCUT2D eigenvalue weighted by atomic mass is 19.4. The van der Waals surface area contributed by atoms with E-state index in [1.54, 1.807) is 28.0 Å². The van der Waals surface area contributed by atoms with Crippen LogP contribution < -0.4 is 10.2 Å². The van der Waals surface area contributed by atoms with Crippen molar-refractivity contribution in [3.8, 4) is 5.69 Å². The third-order valence-corrected chi connectivity index (χ3v) is 5.58. The summed E-state index contributed by atoms with van der Waals surface area (Å²) in [7, 11) is 0. The van der Waals surface area contributed by atoms with Crippen LogP contribution in [0.4, 0.5) is 30.2 Å². The number of nitrogens with one attached hydrogen (secondary N) is 1. The van der Waals surface area contributed by atoms with Gasteiger partial charge in [-0.25, -0.2) is 4.68 Å². The van der Waals surface area contributed by atoms with Gasteiger partial charge in [0, 0.05) is 25.5 Å². The number of anilines is 2. The van der Waals surface area contributed by atoms with Gasteiger partial charge < -0.3 is 15.0 Å². The summed E-state index contributed by atoms with van der Waals surface area (Å²) in [6.07, 6.45) is -1.19. The predicted molar refractivity (Wildman–Crippen MR) is 117 cm³/mol. The van der Waals surface area contributed by atoms with Gasteiger partial charge in [0.2, 0.25) is 5.91 Å². The minimum absolute atomic E-state index is 0.0362. The summed E-state index contributed by atoms with van der Waals surface area (Å²) in [5.41, 5.74) is 1.51. The first-order valence-corrected chi connectivity index (χ1v) is 10.4. The summed E-state index contributed by atoms with van der Waals surface area (Å²) in [6, 6.07) is 11.5. The molecule has 3 aromatic rings. The Labute approximate surface area is 187 Å². The molecule has 5 rings (SSSR count). The van der Waals surface area contributed by atoms with Gasteiger partial charge in [-0.1, -0.05) is 12.1 Å². The van der Waals surface area contributed by atoms with Gasteiger partial charge in [-0.3, -0.25) is 9.79 Å². The van der Waals surface area contributed by atoms with Crippen molar-refractivity contribution in [2.24, 2.45) is 4.99 Å². The van der Waals surface area contributed by atoms with Crippen LogP contribution in [-0.2, 0) is 15.7 Å². The van der Waals surface area contributed by atoms with Crippen molar-refractivity contribution in [1.82, 2.24) is 9.78 Å². The van der Waals surface area contributed by atoms with Gasteiger partial charge in [0.05, 0.1) is 53.7 Å². The number of rotatable bonds is 3. The van der Waals surface area contributed by atoms with Gasteiger partial charge in [-0.2, -0.15) is 18.3 Å². The van der Waals surface area contributed by atoms with E-state index in [2.05, 4.69) is 15.4 Å². The molecule has 1 fully saturated rings. The Kier molecular flexibility index (Phi) is 5.37. The van der Waals surface area contributed by atoms with Gasteiger partial charge in [-0.05, 0) is 35.9 Å². The predicted octanol–water partition coefficient (Wildman–Crippen LogP) is 4.19. The Bertz CT molecular complexity index is 1220. The van der Waals surface area contributed by atoms with Gasteiger partial charge in [0.25, 0.3) is 0 Å². The van der Waals surface area contributed by atoms with Crippen LogP contribution >= 0.6 is 0 Å².